The molecular formula is C41H41F2N13O3. The number of nitrogens with one attached hydrogen (secondary N) is 1. The first-order valence-electron chi connectivity index (χ1n) is 20.0. The minimum absolute atomic E-state index is 0.00182. The van der Waals surface area contributed by atoms with Gasteiger partial charge in [0.05, 0.1) is 47.0 Å². The van der Waals surface area contributed by atoms with Crippen molar-refractivity contribution in [2.24, 2.45) is 0 Å². The average Bonchev–Trinajstić information content (AvgIpc) is 3.72. The SMILES string of the molecule is COC1CN(C)C(=O)C2CC(CN2c2nc(N3C4CC3C(=O)N(C3CC3)C4)nc3c2cnn3-c2ccc(F)cc2F)Nc2cccc(n2)-c2nccc3nc(C)n(c23)C1. The lowest BCUT2D eigenvalue weighted by Gasteiger charge is -2.55. The molecule has 302 valence electrons. The van der Waals surface area contributed by atoms with Crippen LogP contribution in [0.4, 0.5) is 26.4 Å². The Labute approximate surface area is 336 Å². The van der Waals surface area contributed by atoms with Gasteiger partial charge < -0.3 is 34.2 Å². The van der Waals surface area contributed by atoms with Gasteiger partial charge in [0.25, 0.3) is 0 Å². The van der Waals surface area contributed by atoms with Crippen LogP contribution in [0.2, 0.25) is 0 Å². The number of benzene rings is 1. The summed E-state index contributed by atoms with van der Waals surface area (Å²) < 4.78 is 39.0. The van der Waals surface area contributed by atoms with Crippen molar-refractivity contribution < 1.29 is 23.1 Å². The molecule has 5 unspecified atom stereocenters. The summed E-state index contributed by atoms with van der Waals surface area (Å²) in [6.45, 7) is 3.54. The molecule has 5 fully saturated rings. The van der Waals surface area contributed by atoms with Crippen molar-refractivity contribution in [3.8, 4) is 17.1 Å². The molecule has 5 aromatic heterocycles. The van der Waals surface area contributed by atoms with E-state index >= 15 is 4.39 Å². The van der Waals surface area contributed by atoms with Crippen LogP contribution in [0.3, 0.4) is 0 Å². The molecule has 1 saturated carbocycles. The van der Waals surface area contributed by atoms with Crippen LogP contribution in [0.25, 0.3) is 39.1 Å². The molecule has 6 aliphatic rings. The Morgan fingerprint density at radius 3 is 2.54 bits per heavy atom. The zero-order chi connectivity index (χ0) is 40.3. The van der Waals surface area contributed by atoms with Gasteiger partial charge in [-0.2, -0.15) is 15.1 Å². The monoisotopic (exact) mass is 801 g/mol. The fraction of sp³-hybridized carbons (Fsp3) is 0.415. The minimum atomic E-state index is -0.812. The fourth-order valence-corrected chi connectivity index (χ4v) is 9.49. The van der Waals surface area contributed by atoms with E-state index < -0.39 is 29.8 Å². The number of carbonyl (C=O) groups excluding carboxylic acids is 2. The van der Waals surface area contributed by atoms with E-state index in [0.29, 0.717) is 66.8 Å². The Morgan fingerprint density at radius 2 is 1.75 bits per heavy atom. The number of aryl methyl sites for hydroxylation is 1. The molecule has 5 atom stereocenters. The van der Waals surface area contributed by atoms with E-state index in [-0.39, 0.29) is 47.8 Å². The Balaban J connectivity index is 1.03. The van der Waals surface area contributed by atoms with E-state index in [1.165, 1.54) is 16.8 Å². The maximum absolute atomic E-state index is 15.4. The molecule has 6 bridgehead atoms. The summed E-state index contributed by atoms with van der Waals surface area (Å²) in [5.74, 6) is 0.485. The number of likely N-dealkylation sites (N-methyl/N-ethyl adjacent to an activating group) is 1. The van der Waals surface area contributed by atoms with Crippen LogP contribution in [0.1, 0.15) is 31.5 Å². The molecule has 5 aliphatic heterocycles. The number of rotatable bonds is 5. The van der Waals surface area contributed by atoms with E-state index in [9.17, 15) is 14.0 Å². The molecule has 12 rings (SSSR count). The van der Waals surface area contributed by atoms with Gasteiger partial charge in [-0.15, -0.1) is 0 Å². The number of pyridine rings is 2. The number of fused-ring (bicyclic) bond motifs is 8. The number of imidazole rings is 1. The highest BCUT2D eigenvalue weighted by Crippen LogP contribution is 2.43. The van der Waals surface area contributed by atoms with E-state index in [1.807, 2.05) is 45.9 Å². The predicted molar refractivity (Wildman–Crippen MR) is 213 cm³/mol. The lowest BCUT2D eigenvalue weighted by Crippen LogP contribution is -2.72. The second kappa shape index (κ2) is 13.4. The van der Waals surface area contributed by atoms with Crippen LogP contribution < -0.4 is 15.1 Å². The van der Waals surface area contributed by atoms with Crippen LogP contribution in [0.5, 0.6) is 0 Å². The molecule has 18 heteroatoms. The number of methoxy groups -OCH3 is 1. The topological polar surface area (TPSA) is 156 Å². The first-order chi connectivity index (χ1) is 28.6. The first kappa shape index (κ1) is 35.8. The summed E-state index contributed by atoms with van der Waals surface area (Å²) in [6, 6.07) is 9.80. The van der Waals surface area contributed by atoms with Gasteiger partial charge in [-0.05, 0) is 62.9 Å². The van der Waals surface area contributed by atoms with Crippen LogP contribution >= 0.6 is 0 Å². The second-order valence-corrected chi connectivity index (χ2v) is 16.3. The number of hydrogen-bond donors (Lipinski definition) is 1. The van der Waals surface area contributed by atoms with Crippen molar-refractivity contribution in [2.45, 2.75) is 75.5 Å². The largest absolute Gasteiger partial charge is 0.378 e. The summed E-state index contributed by atoms with van der Waals surface area (Å²) in [4.78, 5) is 60.9. The Morgan fingerprint density at radius 1 is 0.881 bits per heavy atom. The Kier molecular flexibility index (Phi) is 8.12. The zero-order valence-corrected chi connectivity index (χ0v) is 32.7. The maximum Gasteiger partial charge on any atom is 0.245 e. The molecule has 2 amide bonds. The number of nitrogens with zero attached hydrogens (tertiary/aromatic N) is 12. The van der Waals surface area contributed by atoms with E-state index in [0.717, 1.165) is 35.8 Å². The number of hydrogen-bond acceptors (Lipinski definition) is 12. The molecule has 0 radical (unpaired) electrons. The molecular weight excluding hydrogens is 761 g/mol. The first-order valence-corrected chi connectivity index (χ1v) is 20.0. The number of anilines is 3. The normalized spacial score (nSPS) is 24.4. The van der Waals surface area contributed by atoms with Gasteiger partial charge in [0.1, 0.15) is 46.7 Å². The zero-order valence-electron chi connectivity index (χ0n) is 32.7. The summed E-state index contributed by atoms with van der Waals surface area (Å²) >= 11 is 0. The van der Waals surface area contributed by atoms with Crippen molar-refractivity contribution in [3.63, 3.8) is 0 Å². The Bertz CT molecular complexity index is 2700. The van der Waals surface area contributed by atoms with Crippen LogP contribution in [-0.2, 0) is 20.9 Å². The number of amides is 2. The van der Waals surface area contributed by atoms with E-state index in [2.05, 4.69) is 15.0 Å². The van der Waals surface area contributed by atoms with Crippen LogP contribution in [0, 0.1) is 18.6 Å². The highest BCUT2D eigenvalue weighted by molar-refractivity contribution is 5.95. The predicted octanol–water partition coefficient (Wildman–Crippen LogP) is 3.71. The van der Waals surface area contributed by atoms with Crippen molar-refractivity contribution in [1.82, 2.24) is 49.1 Å². The number of ether oxygens (including phenoxy) is 1. The lowest BCUT2D eigenvalue weighted by atomic mass is 9.87. The van der Waals surface area contributed by atoms with Gasteiger partial charge >= 0.3 is 0 Å². The quantitative estimate of drug-likeness (QED) is 0.270. The smallest absolute Gasteiger partial charge is 0.245 e. The van der Waals surface area contributed by atoms with Gasteiger partial charge in [0.2, 0.25) is 17.8 Å². The van der Waals surface area contributed by atoms with Crippen LogP contribution in [0.15, 0.2) is 54.9 Å². The Hall–Kier alpha value is -6.30. The highest BCUT2D eigenvalue weighted by atomic mass is 19.1. The minimum Gasteiger partial charge on any atom is -0.378 e. The second-order valence-electron chi connectivity index (χ2n) is 16.3. The van der Waals surface area contributed by atoms with E-state index in [1.54, 1.807) is 31.5 Å². The molecule has 16 nitrogen and oxygen atoms in total. The van der Waals surface area contributed by atoms with Crippen LogP contribution in [-0.4, -0.2) is 131 Å². The number of carbonyl (C=O) groups is 2. The number of piperidine rings is 1. The third-order valence-corrected chi connectivity index (χ3v) is 12.6. The van der Waals surface area contributed by atoms with E-state index in [4.69, 9.17) is 29.7 Å². The number of aromatic nitrogens is 8. The third kappa shape index (κ3) is 5.78. The fourth-order valence-electron chi connectivity index (χ4n) is 9.49. The molecule has 6 aromatic rings. The summed E-state index contributed by atoms with van der Waals surface area (Å²) in [7, 11) is 3.41. The van der Waals surface area contributed by atoms with Gasteiger partial charge in [-0.3, -0.25) is 14.6 Å². The molecule has 0 spiro atoms. The summed E-state index contributed by atoms with van der Waals surface area (Å²) in [5.41, 5.74) is 3.26. The van der Waals surface area contributed by atoms with Gasteiger partial charge in [0, 0.05) is 58.1 Å². The summed E-state index contributed by atoms with van der Waals surface area (Å²) in [5, 5.41) is 8.63. The highest BCUT2D eigenvalue weighted by Gasteiger charge is 2.54. The molecule has 1 aromatic carbocycles. The average molecular weight is 802 g/mol. The summed E-state index contributed by atoms with van der Waals surface area (Å²) in [6.07, 6.45) is 5.99. The van der Waals surface area contributed by atoms with Crippen molar-refractivity contribution in [2.75, 3.05) is 48.9 Å². The molecule has 4 saturated heterocycles. The molecule has 10 heterocycles. The van der Waals surface area contributed by atoms with Gasteiger partial charge in [-0.25, -0.2) is 23.4 Å². The molecule has 59 heavy (non-hydrogen) atoms. The number of halogens is 2. The number of piperazine rings is 1. The molecule has 1 aliphatic carbocycles. The van der Waals surface area contributed by atoms with Crippen molar-refractivity contribution in [1.29, 1.82) is 0 Å². The third-order valence-electron chi connectivity index (χ3n) is 12.6. The van der Waals surface area contributed by atoms with Crippen molar-refractivity contribution >= 4 is 51.5 Å². The van der Waals surface area contributed by atoms with Gasteiger partial charge in [-0.1, -0.05) is 6.07 Å². The lowest BCUT2D eigenvalue weighted by molar-refractivity contribution is -0.140. The molecule has 1 N–H and O–H groups in total. The van der Waals surface area contributed by atoms with Gasteiger partial charge in [0.15, 0.2) is 11.5 Å². The van der Waals surface area contributed by atoms with Crippen molar-refractivity contribution in [3.05, 3.63) is 72.3 Å². The maximum atomic E-state index is 15.4. The standard InChI is InChI=1S/C41H41F2N13O3/c1-21-46-30-11-12-44-35-29-5-4-6-34(48-29)47-23-14-32(39(57)51(2)19-26(59-3)20-52(21)36(30)35)54(17-23)37-27-16-45-56(31-10-7-22(42)13-28(31)43)38(27)50-41(49-37)55-25-15-33(55)40(58)53(18-25)24-8-9-24/h4-7,10-13,16,23-26,32-33H,8-9,14-15,17-20H2,1-3H3,(H,47,48).